The van der Waals surface area contributed by atoms with Crippen LogP contribution in [-0.4, -0.2) is 8.80 Å². The van der Waals surface area contributed by atoms with E-state index in [0.717, 1.165) is 121 Å². The summed E-state index contributed by atoms with van der Waals surface area (Å²) >= 11 is 0. The number of fused-ring (bicyclic) bond motifs is 12. The molecule has 4 heterocycles. The molecule has 0 atom stereocenters. The highest BCUT2D eigenvalue weighted by molar-refractivity contribution is 6.39. The molecule has 0 aliphatic rings. The van der Waals surface area contributed by atoms with Crippen molar-refractivity contribution in [2.75, 3.05) is 9.80 Å². The fourth-order valence-corrected chi connectivity index (χ4v) is 12.3. The maximum absolute atomic E-state index is 9.45. The third-order valence-electron chi connectivity index (χ3n) is 15.3. The molecule has 0 bridgehead atoms. The van der Waals surface area contributed by atoms with Gasteiger partial charge >= 0.3 is 0 Å². The number of nitrogens with zero attached hydrogens (tertiary/aromatic N) is 4. The third-order valence-corrected chi connectivity index (χ3v) is 15.3. The summed E-state index contributed by atoms with van der Waals surface area (Å²) in [5, 5.41) is 7.60. The van der Waals surface area contributed by atoms with E-state index in [-0.39, 0.29) is 35.5 Å². The Kier molecular flexibility index (Phi) is 7.23. The Labute approximate surface area is 443 Å². The summed E-state index contributed by atoms with van der Waals surface area (Å²) in [6, 6.07) is 54.4. The van der Waals surface area contributed by atoms with Crippen LogP contribution in [0.2, 0.25) is 0 Å². The van der Waals surface area contributed by atoms with Gasteiger partial charge in [-0.05, 0) is 122 Å². The van der Waals surface area contributed by atoms with Crippen LogP contribution in [0.3, 0.4) is 0 Å². The van der Waals surface area contributed by atoms with Crippen LogP contribution < -0.4 is 9.80 Å². The Hall–Kier alpha value is -9.38. The van der Waals surface area contributed by atoms with E-state index in [0.29, 0.717) is 22.7 Å². The first-order valence-corrected chi connectivity index (χ1v) is 25.0. The Balaban J connectivity index is 1.14. The van der Waals surface area contributed by atoms with E-state index in [1.165, 1.54) is 0 Å². The molecule has 4 heteroatoms. The molecule has 15 aromatic rings. The van der Waals surface area contributed by atoms with E-state index in [9.17, 15) is 5.48 Å². The first kappa shape index (κ1) is 33.3. The summed E-state index contributed by atoms with van der Waals surface area (Å²) < 4.78 is 95.5. The molecule has 74 heavy (non-hydrogen) atoms. The van der Waals surface area contributed by atoms with Crippen molar-refractivity contribution in [3.05, 3.63) is 253 Å². The largest absolute Gasteiger partial charge is 0.310 e. The average Bonchev–Trinajstić information content (AvgIpc) is 1.51. The minimum atomic E-state index is -0.459. The quantitative estimate of drug-likeness (QED) is 0.151. The second-order valence-electron chi connectivity index (χ2n) is 19.5. The van der Waals surface area contributed by atoms with Crippen LogP contribution in [0.4, 0.5) is 34.1 Å². The molecule has 0 spiro atoms. The molecule has 4 nitrogen and oxygen atoms in total. The molecule has 0 unspecified atom stereocenters. The molecule has 0 fully saturated rings. The van der Waals surface area contributed by atoms with Gasteiger partial charge in [0.15, 0.2) is 0 Å². The minimum Gasteiger partial charge on any atom is -0.310 e. The van der Waals surface area contributed by atoms with Gasteiger partial charge < -0.3 is 18.6 Å². The van der Waals surface area contributed by atoms with E-state index in [4.69, 9.17) is 8.22 Å². The molecule has 0 aliphatic heterocycles. The highest BCUT2D eigenvalue weighted by Gasteiger charge is 2.32. The number of benzene rings is 11. The van der Waals surface area contributed by atoms with Crippen molar-refractivity contribution in [3.8, 4) is 22.3 Å². The van der Waals surface area contributed by atoms with Gasteiger partial charge in [0.25, 0.3) is 0 Å². The van der Waals surface area contributed by atoms with Crippen molar-refractivity contribution in [2.24, 2.45) is 0 Å². The highest BCUT2D eigenvalue weighted by Crippen LogP contribution is 2.56. The second-order valence-corrected chi connectivity index (χ2v) is 19.5. The summed E-state index contributed by atoms with van der Waals surface area (Å²) in [4.78, 5) is 3.74. The van der Waals surface area contributed by atoms with Gasteiger partial charge in [0, 0.05) is 77.0 Å². The zero-order valence-electron chi connectivity index (χ0n) is 51.0. The fraction of sp³-hybridized carbons (Fsp3) is 0.0571. The Morgan fingerprint density at radius 2 is 0.716 bits per heavy atom. The molecular weight excluding hydrogens is 897 g/mol. The summed E-state index contributed by atoms with van der Waals surface area (Å²) in [5.41, 5.74) is 16.1. The van der Waals surface area contributed by atoms with Crippen molar-refractivity contribution in [2.45, 2.75) is 27.7 Å². The van der Waals surface area contributed by atoms with Crippen molar-refractivity contribution in [1.29, 1.82) is 0 Å². The number of hydrogen-bond donors (Lipinski definition) is 0. The number of para-hydroxylation sites is 4. The summed E-state index contributed by atoms with van der Waals surface area (Å²) in [6.07, 6.45) is 0. The van der Waals surface area contributed by atoms with Gasteiger partial charge in [-0.25, -0.2) is 0 Å². The fourth-order valence-electron chi connectivity index (χ4n) is 12.3. The molecule has 0 aliphatic carbocycles. The minimum absolute atomic E-state index is 0.0571. The lowest BCUT2D eigenvalue weighted by molar-refractivity contribution is 1.25. The molecule has 0 amide bonds. The Morgan fingerprint density at radius 3 is 1.12 bits per heavy atom. The average molecular weight is 957 g/mol. The van der Waals surface area contributed by atoms with E-state index < -0.39 is 36.3 Å². The lowest BCUT2D eigenvalue weighted by atomic mass is 9.89. The second kappa shape index (κ2) is 16.1. The van der Waals surface area contributed by atoms with Crippen LogP contribution >= 0.6 is 0 Å². The summed E-state index contributed by atoms with van der Waals surface area (Å²) in [6.45, 7) is 7.96. The van der Waals surface area contributed by atoms with Crippen LogP contribution in [0.5, 0.6) is 0 Å². The standard InChI is InChI=1S/C70H50N4/c1-43-37-39-45(3)59(41-43)71(49-25-13-7-14-26-49)55-33-19-35-57-63(55)51-29-17-31-53-65-62(48-23-11-6-12-24-48)70-66(61(47-21-9-5-10-22-47)69(65)73(57)67(51)53)54-32-18-30-52-64-56(34-20-36-58(64)74(70)68(52)54)72(50-27-15-8-16-28-50)60-42-44(2)38-40-46(60)4/h5-42H,1-4H3/i7D,8D,13D,14D,15D,16D,25D,26D,27D,28D. The van der Waals surface area contributed by atoms with E-state index in [1.54, 1.807) is 0 Å². The maximum Gasteiger partial charge on any atom is 0.0645 e. The summed E-state index contributed by atoms with van der Waals surface area (Å²) in [7, 11) is 0. The van der Waals surface area contributed by atoms with Gasteiger partial charge in [0.1, 0.15) is 0 Å². The van der Waals surface area contributed by atoms with Gasteiger partial charge in [-0.3, -0.25) is 0 Å². The molecule has 0 saturated heterocycles. The first-order valence-electron chi connectivity index (χ1n) is 30.0. The number of anilines is 6. The van der Waals surface area contributed by atoms with Gasteiger partial charge in [-0.15, -0.1) is 0 Å². The lowest BCUT2D eigenvalue weighted by Crippen LogP contribution is -2.12. The van der Waals surface area contributed by atoms with Crippen molar-refractivity contribution in [3.63, 3.8) is 0 Å². The molecule has 11 aromatic carbocycles. The van der Waals surface area contributed by atoms with E-state index in [1.807, 2.05) is 110 Å². The van der Waals surface area contributed by atoms with Crippen LogP contribution in [0.1, 0.15) is 36.0 Å². The Morgan fingerprint density at radius 1 is 0.338 bits per heavy atom. The molecule has 0 saturated carbocycles. The number of rotatable bonds is 8. The van der Waals surface area contributed by atoms with Crippen LogP contribution in [-0.2, 0) is 0 Å². The predicted octanol–water partition coefficient (Wildman–Crippen LogP) is 19.5. The predicted molar refractivity (Wildman–Crippen MR) is 315 cm³/mol. The zero-order chi connectivity index (χ0) is 58.0. The molecule has 0 radical (unpaired) electrons. The maximum atomic E-state index is 9.45. The molecule has 0 N–H and O–H groups in total. The van der Waals surface area contributed by atoms with Crippen LogP contribution in [0.25, 0.3) is 98.4 Å². The normalized spacial score (nSPS) is 13.9. The first-order chi connectivity index (χ1) is 40.6. The molecule has 4 aromatic heterocycles. The zero-order valence-corrected chi connectivity index (χ0v) is 41.0. The van der Waals surface area contributed by atoms with Gasteiger partial charge in [-0.1, -0.05) is 170 Å². The topological polar surface area (TPSA) is 15.3 Å². The van der Waals surface area contributed by atoms with Crippen molar-refractivity contribution >= 4 is 110 Å². The number of aryl methyl sites for hydroxylation is 4. The van der Waals surface area contributed by atoms with Gasteiger partial charge in [0.05, 0.1) is 58.2 Å². The van der Waals surface area contributed by atoms with Crippen LogP contribution in [0.15, 0.2) is 230 Å². The number of aromatic nitrogens is 2. The lowest BCUT2D eigenvalue weighted by Gasteiger charge is -2.28. The number of hydrogen-bond acceptors (Lipinski definition) is 2. The molecular formula is C70H50N4. The molecule has 15 rings (SSSR count). The van der Waals surface area contributed by atoms with E-state index >= 15 is 0 Å². The smallest absolute Gasteiger partial charge is 0.0645 e. The Bertz CT molecular complexity index is 4930. The SMILES string of the molecule is [2H]c1c([2H])c([2H])c(N(c2cc(C)ccc2C)c2cccc3c2c2cccc4c5c(-c6ccccc6)c6c(c(-c7ccccc7)c5n3c24)c2cccc3c4c(N(c5cc(C)ccc5C)c5c([2H])c([2H])c([2H])c([2H])c5[2H])cccc4n6c32)c([2H])c1[2H]. The van der Waals surface area contributed by atoms with Crippen molar-refractivity contribution < 1.29 is 13.7 Å². The molecule has 350 valence electrons. The monoisotopic (exact) mass is 956 g/mol. The van der Waals surface area contributed by atoms with Gasteiger partial charge in [0.2, 0.25) is 0 Å². The third kappa shape index (κ3) is 5.91. The summed E-state index contributed by atoms with van der Waals surface area (Å²) in [5.74, 6) is 0. The van der Waals surface area contributed by atoms with Gasteiger partial charge in [-0.2, -0.15) is 0 Å². The highest BCUT2D eigenvalue weighted by atomic mass is 15.2. The van der Waals surface area contributed by atoms with Crippen LogP contribution in [0, 0.1) is 27.7 Å². The van der Waals surface area contributed by atoms with E-state index in [2.05, 4.69) is 106 Å². The van der Waals surface area contributed by atoms with Crippen molar-refractivity contribution in [1.82, 2.24) is 8.80 Å².